The monoisotopic (exact) mass is 650 g/mol. The SMILES string of the molecule is CC(C)(C)c1nc2ccccc2n1-c1ccccc1-c1ccccc1-c1ccccc1-c1ccccc1-n1c(C(C)(C)C)nc2ccccc21. The molecule has 8 rings (SSSR count). The van der Waals surface area contributed by atoms with Gasteiger partial charge in [-0.25, -0.2) is 9.97 Å². The van der Waals surface area contributed by atoms with Crippen molar-refractivity contribution in [2.75, 3.05) is 0 Å². The van der Waals surface area contributed by atoms with E-state index in [-0.39, 0.29) is 10.8 Å². The van der Waals surface area contributed by atoms with Gasteiger partial charge in [-0.05, 0) is 58.7 Å². The molecule has 0 aliphatic carbocycles. The van der Waals surface area contributed by atoms with E-state index in [0.29, 0.717) is 0 Å². The molecule has 0 saturated carbocycles. The van der Waals surface area contributed by atoms with E-state index >= 15 is 0 Å². The van der Waals surface area contributed by atoms with Crippen molar-refractivity contribution in [2.24, 2.45) is 0 Å². The second kappa shape index (κ2) is 12.0. The third-order valence-electron chi connectivity index (χ3n) is 9.48. The number of aromatic nitrogens is 4. The van der Waals surface area contributed by atoms with E-state index in [1.54, 1.807) is 0 Å². The minimum Gasteiger partial charge on any atom is -0.295 e. The summed E-state index contributed by atoms with van der Waals surface area (Å²) >= 11 is 0. The van der Waals surface area contributed by atoms with Crippen molar-refractivity contribution >= 4 is 22.1 Å². The molecular formula is C46H42N4. The lowest BCUT2D eigenvalue weighted by Crippen LogP contribution is -2.18. The summed E-state index contributed by atoms with van der Waals surface area (Å²) < 4.78 is 4.72. The first-order valence-electron chi connectivity index (χ1n) is 17.5. The van der Waals surface area contributed by atoms with E-state index in [0.717, 1.165) is 56.2 Å². The smallest absolute Gasteiger partial charge is 0.119 e. The van der Waals surface area contributed by atoms with E-state index in [9.17, 15) is 0 Å². The molecule has 0 radical (unpaired) electrons. The number of imidazole rings is 2. The van der Waals surface area contributed by atoms with E-state index in [1.807, 2.05) is 0 Å². The molecule has 8 aromatic rings. The van der Waals surface area contributed by atoms with Gasteiger partial charge in [-0.3, -0.25) is 9.13 Å². The third kappa shape index (κ3) is 5.32. The van der Waals surface area contributed by atoms with Gasteiger partial charge in [-0.2, -0.15) is 0 Å². The van der Waals surface area contributed by atoms with Crippen LogP contribution in [-0.2, 0) is 10.8 Å². The Morgan fingerprint density at radius 1 is 0.340 bits per heavy atom. The maximum atomic E-state index is 5.16. The van der Waals surface area contributed by atoms with Crippen LogP contribution in [0.5, 0.6) is 0 Å². The molecule has 0 spiro atoms. The highest BCUT2D eigenvalue weighted by molar-refractivity contribution is 5.96. The van der Waals surface area contributed by atoms with Crippen molar-refractivity contribution in [1.29, 1.82) is 0 Å². The van der Waals surface area contributed by atoms with E-state index < -0.39 is 0 Å². The molecule has 0 N–H and O–H groups in total. The maximum Gasteiger partial charge on any atom is 0.119 e. The lowest BCUT2D eigenvalue weighted by atomic mass is 9.88. The second-order valence-electron chi connectivity index (χ2n) is 15.1. The Hall–Kier alpha value is -5.74. The van der Waals surface area contributed by atoms with Crippen LogP contribution in [0.25, 0.3) is 66.8 Å². The first-order valence-corrected chi connectivity index (χ1v) is 17.5. The van der Waals surface area contributed by atoms with Gasteiger partial charge in [0.25, 0.3) is 0 Å². The number of hydrogen-bond acceptors (Lipinski definition) is 2. The van der Waals surface area contributed by atoms with Crippen LogP contribution in [0.1, 0.15) is 53.2 Å². The van der Waals surface area contributed by atoms with Gasteiger partial charge in [0.1, 0.15) is 11.6 Å². The molecule has 0 aliphatic rings. The van der Waals surface area contributed by atoms with Gasteiger partial charge in [0, 0.05) is 22.0 Å². The molecule has 0 atom stereocenters. The summed E-state index contributed by atoms with van der Waals surface area (Å²) in [7, 11) is 0. The molecule has 0 bridgehead atoms. The highest BCUT2D eigenvalue weighted by Crippen LogP contribution is 2.43. The predicted octanol–water partition coefficient (Wildman–Crippen LogP) is 12.0. The average molecular weight is 651 g/mol. The Balaban J connectivity index is 1.36. The number of nitrogens with zero attached hydrogens (tertiary/aromatic N) is 4. The number of benzene rings is 6. The maximum absolute atomic E-state index is 5.16. The summed E-state index contributed by atoms with van der Waals surface area (Å²) in [4.78, 5) is 10.3. The Kier molecular flexibility index (Phi) is 7.56. The number of para-hydroxylation sites is 6. The fourth-order valence-electron chi connectivity index (χ4n) is 7.24. The van der Waals surface area contributed by atoms with Crippen LogP contribution in [0, 0.1) is 0 Å². The fourth-order valence-corrected chi connectivity index (χ4v) is 7.24. The van der Waals surface area contributed by atoms with Crippen LogP contribution >= 0.6 is 0 Å². The lowest BCUT2D eigenvalue weighted by molar-refractivity contribution is 0.539. The van der Waals surface area contributed by atoms with Gasteiger partial charge in [0.05, 0.1) is 33.4 Å². The Morgan fingerprint density at radius 2 is 0.620 bits per heavy atom. The minimum absolute atomic E-state index is 0.161. The summed E-state index contributed by atoms with van der Waals surface area (Å²) in [5.41, 5.74) is 13.2. The Bertz CT molecular complexity index is 2340. The van der Waals surface area contributed by atoms with Gasteiger partial charge in [-0.15, -0.1) is 0 Å². The third-order valence-corrected chi connectivity index (χ3v) is 9.48. The molecule has 50 heavy (non-hydrogen) atoms. The summed E-state index contributed by atoms with van der Waals surface area (Å²) in [6, 6.07) is 52.1. The summed E-state index contributed by atoms with van der Waals surface area (Å²) in [6.45, 7) is 13.4. The number of rotatable bonds is 5. The standard InChI is InChI=1S/C46H42N4/c1-45(2,3)43-47-37-25-13-17-29-41(37)49(43)39-27-15-11-23-35(39)33-21-9-7-19-31(33)32-20-8-10-22-34(32)36-24-12-16-28-40(36)50-42-30-18-14-26-38(42)48-44(50)46(4,5)6/h7-30H,1-6H3. The van der Waals surface area contributed by atoms with Crippen LogP contribution in [0.15, 0.2) is 146 Å². The molecule has 0 unspecified atom stereocenters. The first-order chi connectivity index (χ1) is 24.1. The van der Waals surface area contributed by atoms with E-state index in [2.05, 4.69) is 196 Å². The molecule has 0 saturated heterocycles. The van der Waals surface area contributed by atoms with Crippen molar-refractivity contribution in [2.45, 2.75) is 52.4 Å². The first kappa shape index (κ1) is 31.5. The molecule has 246 valence electrons. The van der Waals surface area contributed by atoms with Crippen molar-refractivity contribution in [1.82, 2.24) is 19.1 Å². The molecule has 0 aliphatic heterocycles. The molecular weight excluding hydrogens is 609 g/mol. The summed E-state index contributed by atoms with van der Waals surface area (Å²) in [6.07, 6.45) is 0. The zero-order chi connectivity index (χ0) is 34.6. The highest BCUT2D eigenvalue weighted by Gasteiger charge is 2.27. The summed E-state index contributed by atoms with van der Waals surface area (Å²) in [5, 5.41) is 0. The van der Waals surface area contributed by atoms with Crippen molar-refractivity contribution in [3.63, 3.8) is 0 Å². The lowest BCUT2D eigenvalue weighted by Gasteiger charge is -2.24. The van der Waals surface area contributed by atoms with Crippen molar-refractivity contribution in [3.05, 3.63) is 157 Å². The molecule has 2 aromatic heterocycles. The largest absolute Gasteiger partial charge is 0.295 e. The average Bonchev–Trinajstić information content (AvgIpc) is 3.72. The molecule has 0 amide bonds. The van der Waals surface area contributed by atoms with E-state index in [4.69, 9.17) is 9.97 Å². The molecule has 4 heteroatoms. The van der Waals surface area contributed by atoms with Crippen LogP contribution in [0.2, 0.25) is 0 Å². The van der Waals surface area contributed by atoms with E-state index in [1.165, 1.54) is 22.3 Å². The molecule has 0 fully saturated rings. The fraction of sp³-hybridized carbons (Fsp3) is 0.174. The number of fused-ring (bicyclic) bond motifs is 2. The Morgan fingerprint density at radius 3 is 0.980 bits per heavy atom. The van der Waals surface area contributed by atoms with Gasteiger partial charge in [-0.1, -0.05) is 151 Å². The van der Waals surface area contributed by atoms with Gasteiger partial charge in [0.2, 0.25) is 0 Å². The normalized spacial score (nSPS) is 12.2. The van der Waals surface area contributed by atoms with Crippen LogP contribution in [0.4, 0.5) is 0 Å². The topological polar surface area (TPSA) is 35.6 Å². The van der Waals surface area contributed by atoms with Crippen molar-refractivity contribution in [3.8, 4) is 44.8 Å². The second-order valence-corrected chi connectivity index (χ2v) is 15.1. The van der Waals surface area contributed by atoms with Crippen LogP contribution in [-0.4, -0.2) is 19.1 Å². The van der Waals surface area contributed by atoms with Gasteiger partial charge in [0.15, 0.2) is 0 Å². The van der Waals surface area contributed by atoms with Gasteiger partial charge >= 0.3 is 0 Å². The predicted molar refractivity (Wildman–Crippen MR) is 209 cm³/mol. The quantitative estimate of drug-likeness (QED) is 0.186. The highest BCUT2D eigenvalue weighted by atomic mass is 15.1. The minimum atomic E-state index is -0.161. The Labute approximate surface area is 294 Å². The zero-order valence-electron chi connectivity index (χ0n) is 29.6. The molecule has 4 nitrogen and oxygen atoms in total. The van der Waals surface area contributed by atoms with Crippen molar-refractivity contribution < 1.29 is 0 Å². The van der Waals surface area contributed by atoms with Crippen LogP contribution < -0.4 is 0 Å². The van der Waals surface area contributed by atoms with Crippen LogP contribution in [0.3, 0.4) is 0 Å². The zero-order valence-corrected chi connectivity index (χ0v) is 29.6. The molecule has 2 heterocycles. The molecule has 6 aromatic carbocycles. The summed E-state index contributed by atoms with van der Waals surface area (Å²) in [5.74, 6) is 2.08. The number of hydrogen-bond donors (Lipinski definition) is 0. The van der Waals surface area contributed by atoms with Gasteiger partial charge < -0.3 is 0 Å².